The second-order valence-corrected chi connectivity index (χ2v) is 11.8. The molecule has 2 heterocycles. The molecular weight excluding hydrogens is 558 g/mol. The van der Waals surface area contributed by atoms with E-state index in [2.05, 4.69) is 15.0 Å². The lowest BCUT2D eigenvalue weighted by Crippen LogP contribution is -2.12. The Morgan fingerprint density at radius 1 is 0.902 bits per heavy atom. The lowest BCUT2D eigenvalue weighted by molar-refractivity contribution is 0.353. The van der Waals surface area contributed by atoms with Crippen LogP contribution in [0.2, 0.25) is 0 Å². The molecule has 0 aliphatic rings. The molecule has 0 unspecified atom stereocenters. The highest BCUT2D eigenvalue weighted by molar-refractivity contribution is 7.92. The minimum absolute atomic E-state index is 0.193. The first-order chi connectivity index (χ1) is 19.8. The number of sulfonamides is 1. The fourth-order valence-corrected chi connectivity index (χ4v) is 6.40. The number of nitrogens with zero attached hydrogens (tertiary/aromatic N) is 3. The van der Waals surface area contributed by atoms with Gasteiger partial charge in [-0.15, -0.1) is 11.3 Å². The van der Waals surface area contributed by atoms with Crippen LogP contribution in [0.3, 0.4) is 0 Å². The monoisotopic (exact) mass is 587 g/mol. The van der Waals surface area contributed by atoms with Crippen molar-refractivity contribution in [2.45, 2.75) is 25.2 Å². The molecule has 0 amide bonds. The number of anilines is 3. The second-order valence-electron chi connectivity index (χ2n) is 9.06. The zero-order valence-corrected chi connectivity index (χ0v) is 24.6. The maximum atomic E-state index is 12.9. The fourth-order valence-electron chi connectivity index (χ4n) is 4.33. The van der Waals surface area contributed by atoms with Gasteiger partial charge in [0.05, 0.1) is 40.4 Å². The van der Waals surface area contributed by atoms with Crippen molar-refractivity contribution in [1.29, 1.82) is 0 Å². The largest absolute Gasteiger partial charge is 0.493 e. The minimum atomic E-state index is -3.74. The first kappa shape index (κ1) is 28.1. The van der Waals surface area contributed by atoms with Crippen LogP contribution in [0.15, 0.2) is 83.9 Å². The zero-order valence-electron chi connectivity index (χ0n) is 23.0. The van der Waals surface area contributed by atoms with Crippen LogP contribution >= 0.6 is 11.3 Å². The van der Waals surface area contributed by atoms with Gasteiger partial charge in [0, 0.05) is 29.2 Å². The van der Waals surface area contributed by atoms with E-state index in [1.54, 1.807) is 80.3 Å². The lowest BCUT2D eigenvalue weighted by atomic mass is 10.1. The molecule has 11 heteroatoms. The summed E-state index contributed by atoms with van der Waals surface area (Å²) in [5.41, 5.74) is 4.30. The van der Waals surface area contributed by atoms with Gasteiger partial charge in [-0.25, -0.2) is 23.4 Å². The summed E-state index contributed by atoms with van der Waals surface area (Å²) in [5, 5.41) is 4.20. The molecule has 0 radical (unpaired) electrons. The van der Waals surface area contributed by atoms with Gasteiger partial charge in [0.1, 0.15) is 0 Å². The van der Waals surface area contributed by atoms with Crippen molar-refractivity contribution in [3.63, 3.8) is 0 Å². The third kappa shape index (κ3) is 6.16. The molecule has 5 aromatic rings. The van der Waals surface area contributed by atoms with E-state index < -0.39 is 10.0 Å². The highest BCUT2D eigenvalue weighted by Gasteiger charge is 2.19. The average Bonchev–Trinajstić information content (AvgIpc) is 3.42. The van der Waals surface area contributed by atoms with Crippen LogP contribution in [0.1, 0.15) is 17.5 Å². The molecule has 0 spiro atoms. The Morgan fingerprint density at radius 2 is 1.71 bits per heavy atom. The summed E-state index contributed by atoms with van der Waals surface area (Å²) in [6.45, 7) is 3.98. The molecule has 210 valence electrons. The average molecular weight is 588 g/mol. The number of methoxy groups -OCH3 is 2. The molecule has 0 saturated carbocycles. The number of aromatic nitrogens is 3. The van der Waals surface area contributed by atoms with Crippen molar-refractivity contribution in [1.82, 2.24) is 15.0 Å². The van der Waals surface area contributed by atoms with Gasteiger partial charge in [-0.3, -0.25) is 4.72 Å². The summed E-state index contributed by atoms with van der Waals surface area (Å²) in [6, 6.07) is 21.1. The predicted molar refractivity (Wildman–Crippen MR) is 163 cm³/mol. The summed E-state index contributed by atoms with van der Waals surface area (Å²) in [5.74, 6) is 1.68. The molecule has 41 heavy (non-hydrogen) atoms. The molecule has 2 aromatic heterocycles. The predicted octanol–water partition coefficient (Wildman–Crippen LogP) is 6.70. The van der Waals surface area contributed by atoms with Crippen molar-refractivity contribution in [3.05, 3.63) is 89.6 Å². The Morgan fingerprint density at radius 3 is 2.44 bits per heavy atom. The van der Waals surface area contributed by atoms with E-state index >= 15 is 0 Å². The van der Waals surface area contributed by atoms with Gasteiger partial charge in [0.25, 0.3) is 10.0 Å². The van der Waals surface area contributed by atoms with Crippen LogP contribution in [0, 0.1) is 6.92 Å². The number of nitrogens with one attached hydrogen (secondary N) is 2. The van der Waals surface area contributed by atoms with Gasteiger partial charge in [0.2, 0.25) is 5.95 Å². The summed E-state index contributed by atoms with van der Waals surface area (Å²) in [4.78, 5) is 15.1. The summed E-state index contributed by atoms with van der Waals surface area (Å²) >= 11 is 1.55. The van der Waals surface area contributed by atoms with E-state index in [1.165, 1.54) is 0 Å². The molecule has 0 aliphatic carbocycles. The zero-order chi connectivity index (χ0) is 29.0. The van der Waals surface area contributed by atoms with Crippen molar-refractivity contribution in [2.24, 2.45) is 0 Å². The summed E-state index contributed by atoms with van der Waals surface area (Å²) in [7, 11) is -0.535. The van der Waals surface area contributed by atoms with Crippen molar-refractivity contribution in [3.8, 4) is 33.3 Å². The third-order valence-electron chi connectivity index (χ3n) is 6.22. The van der Waals surface area contributed by atoms with Gasteiger partial charge < -0.3 is 14.8 Å². The van der Waals surface area contributed by atoms with Gasteiger partial charge in [-0.05, 0) is 55.3 Å². The normalized spacial score (nSPS) is 11.2. The van der Waals surface area contributed by atoms with Crippen LogP contribution in [0.4, 0.5) is 17.3 Å². The van der Waals surface area contributed by atoms with Crippen LogP contribution < -0.4 is 19.5 Å². The number of benzene rings is 3. The Labute approximate surface area is 243 Å². The van der Waals surface area contributed by atoms with Crippen molar-refractivity contribution in [2.75, 3.05) is 24.3 Å². The second kappa shape index (κ2) is 11.9. The molecule has 0 aliphatic heterocycles. The van der Waals surface area contributed by atoms with Crippen molar-refractivity contribution >= 4 is 38.7 Å². The van der Waals surface area contributed by atoms with Crippen LogP contribution in [-0.4, -0.2) is 37.6 Å². The first-order valence-electron chi connectivity index (χ1n) is 12.8. The minimum Gasteiger partial charge on any atom is -0.493 e. The summed E-state index contributed by atoms with van der Waals surface area (Å²) in [6.07, 6.45) is 2.44. The topological polar surface area (TPSA) is 115 Å². The van der Waals surface area contributed by atoms with Gasteiger partial charge in [0.15, 0.2) is 11.5 Å². The third-order valence-corrected chi connectivity index (χ3v) is 8.84. The fraction of sp³-hybridized carbons (Fsp3) is 0.167. The molecule has 9 nitrogen and oxygen atoms in total. The van der Waals surface area contributed by atoms with Gasteiger partial charge >= 0.3 is 0 Å². The number of thiazole rings is 1. The maximum Gasteiger partial charge on any atom is 0.261 e. The standard InChI is InChI=1S/C30H29N5O4S2/c1-5-26-34-27(20-10-9-11-21(17-20)35-41(36,37)23-12-7-6-8-13-23)29(40-26)24-14-15-31-30(33-24)32-22-16-19(2)28(39-4)25(18-22)38-3/h6-18,35H,5H2,1-4H3,(H,31,32,33). The highest BCUT2D eigenvalue weighted by Crippen LogP contribution is 2.38. The smallest absolute Gasteiger partial charge is 0.261 e. The summed E-state index contributed by atoms with van der Waals surface area (Å²) < 4.78 is 39.4. The SMILES string of the molecule is CCc1nc(-c2cccc(NS(=O)(=O)c3ccccc3)c2)c(-c2ccnc(Nc3cc(C)c(OC)c(OC)c3)n2)s1. The molecule has 0 fully saturated rings. The number of aryl methyl sites for hydroxylation is 2. The van der Waals surface area contributed by atoms with Gasteiger partial charge in [-0.2, -0.15) is 0 Å². The number of hydrogen-bond donors (Lipinski definition) is 2. The molecule has 5 rings (SSSR count). The Hall–Kier alpha value is -4.48. The van der Waals surface area contributed by atoms with Crippen LogP contribution in [0.25, 0.3) is 21.8 Å². The first-order valence-corrected chi connectivity index (χ1v) is 15.1. The molecule has 0 saturated heterocycles. The van der Waals surface area contributed by atoms with Crippen molar-refractivity contribution < 1.29 is 17.9 Å². The van der Waals surface area contributed by atoms with Gasteiger partial charge in [-0.1, -0.05) is 37.3 Å². The number of rotatable bonds is 10. The van der Waals surface area contributed by atoms with Crippen LogP contribution in [0.5, 0.6) is 11.5 Å². The molecule has 2 N–H and O–H groups in total. The quantitative estimate of drug-likeness (QED) is 0.186. The van der Waals surface area contributed by atoms with Crippen LogP contribution in [-0.2, 0) is 16.4 Å². The molecule has 3 aromatic carbocycles. The lowest BCUT2D eigenvalue weighted by Gasteiger charge is -2.13. The van der Waals surface area contributed by atoms with E-state index in [-0.39, 0.29) is 4.90 Å². The van der Waals surface area contributed by atoms with E-state index in [0.29, 0.717) is 28.8 Å². The number of hydrogen-bond acceptors (Lipinski definition) is 9. The van der Waals surface area contributed by atoms with E-state index in [4.69, 9.17) is 19.4 Å². The Balaban J connectivity index is 1.48. The van der Waals surface area contributed by atoms with E-state index in [1.807, 2.05) is 38.1 Å². The molecule has 0 atom stereocenters. The highest BCUT2D eigenvalue weighted by atomic mass is 32.2. The Kier molecular flexibility index (Phi) is 8.18. The van der Waals surface area contributed by atoms with E-state index in [9.17, 15) is 8.42 Å². The van der Waals surface area contributed by atoms with E-state index in [0.717, 1.165) is 38.8 Å². The molecular formula is C30H29N5O4S2. The molecule has 0 bridgehead atoms. The number of ether oxygens (including phenoxy) is 2. The maximum absolute atomic E-state index is 12.9. The Bertz CT molecular complexity index is 1790.